The minimum Gasteiger partial charge on any atom is -0.390 e. The van der Waals surface area contributed by atoms with E-state index in [-0.39, 0.29) is 24.0 Å². The zero-order valence-corrected chi connectivity index (χ0v) is 15.8. The van der Waals surface area contributed by atoms with E-state index in [0.29, 0.717) is 12.8 Å². The smallest absolute Gasteiger partial charge is 0.136 e. The van der Waals surface area contributed by atoms with Crippen LogP contribution in [-0.2, 0) is 9.53 Å². The second-order valence-electron chi connectivity index (χ2n) is 8.83. The quantitative estimate of drug-likeness (QED) is 0.719. The van der Waals surface area contributed by atoms with Crippen molar-refractivity contribution in [1.82, 2.24) is 0 Å². The number of hydrogen-bond donors (Lipinski definition) is 2. The van der Waals surface area contributed by atoms with Gasteiger partial charge in [-0.25, -0.2) is 0 Å². The average Bonchev–Trinajstić information content (AvgIpc) is 2.81. The van der Waals surface area contributed by atoms with E-state index in [2.05, 4.69) is 13.8 Å². The number of carbonyl (C=O) groups excluding carboxylic acids is 1. The Bertz CT molecular complexity index is 496. The fraction of sp³-hybridized carbons (Fsp3) is 0.850. The Labute approximate surface area is 146 Å². The molecule has 0 radical (unpaired) electrons. The second kappa shape index (κ2) is 6.89. The van der Waals surface area contributed by atoms with Gasteiger partial charge in [0.1, 0.15) is 5.78 Å². The van der Waals surface area contributed by atoms with E-state index in [4.69, 9.17) is 4.74 Å². The molecule has 0 aromatic carbocycles. The van der Waals surface area contributed by atoms with E-state index in [1.165, 1.54) is 0 Å². The summed E-state index contributed by atoms with van der Waals surface area (Å²) in [6, 6.07) is 0. The molecule has 2 aliphatic heterocycles. The van der Waals surface area contributed by atoms with Crippen molar-refractivity contribution in [2.75, 3.05) is 0 Å². The van der Waals surface area contributed by atoms with Gasteiger partial charge >= 0.3 is 0 Å². The number of aliphatic hydroxyl groups is 2. The average molecular weight is 338 g/mol. The molecule has 0 aliphatic carbocycles. The van der Waals surface area contributed by atoms with Gasteiger partial charge in [-0.2, -0.15) is 0 Å². The number of ketones is 1. The Morgan fingerprint density at radius 2 is 1.88 bits per heavy atom. The lowest BCUT2D eigenvalue weighted by Crippen LogP contribution is -2.44. The molecule has 2 bridgehead atoms. The largest absolute Gasteiger partial charge is 0.390 e. The van der Waals surface area contributed by atoms with Crippen LogP contribution < -0.4 is 0 Å². The molecular weight excluding hydrogens is 304 g/mol. The molecule has 138 valence electrons. The topological polar surface area (TPSA) is 66.8 Å². The van der Waals surface area contributed by atoms with Gasteiger partial charge in [-0.15, -0.1) is 0 Å². The van der Waals surface area contributed by atoms with Crippen molar-refractivity contribution in [3.8, 4) is 0 Å². The molecule has 0 amide bonds. The Morgan fingerprint density at radius 1 is 1.21 bits per heavy atom. The second-order valence-corrected chi connectivity index (χ2v) is 8.83. The highest BCUT2D eigenvalue weighted by molar-refractivity contribution is 5.79. The minimum absolute atomic E-state index is 0.0711. The third-order valence-corrected chi connectivity index (χ3v) is 5.91. The van der Waals surface area contributed by atoms with Crippen LogP contribution in [0.3, 0.4) is 0 Å². The lowest BCUT2D eigenvalue weighted by atomic mass is 9.82. The van der Waals surface area contributed by atoms with Crippen molar-refractivity contribution in [3.05, 3.63) is 12.2 Å². The van der Waals surface area contributed by atoms with Crippen LogP contribution in [0.2, 0.25) is 0 Å². The van der Waals surface area contributed by atoms with E-state index in [1.54, 1.807) is 13.0 Å². The summed E-state index contributed by atoms with van der Waals surface area (Å²) in [6.07, 6.45) is 6.74. The zero-order valence-electron chi connectivity index (χ0n) is 15.8. The normalized spacial score (nSPS) is 44.9. The van der Waals surface area contributed by atoms with Crippen LogP contribution >= 0.6 is 0 Å². The zero-order chi connectivity index (χ0) is 18.2. The van der Waals surface area contributed by atoms with Crippen LogP contribution in [0.5, 0.6) is 0 Å². The summed E-state index contributed by atoms with van der Waals surface area (Å²) in [5, 5.41) is 21.3. The molecule has 5 unspecified atom stereocenters. The fourth-order valence-corrected chi connectivity index (χ4v) is 4.02. The lowest BCUT2D eigenvalue weighted by molar-refractivity contribution is -0.146. The first-order valence-electron chi connectivity index (χ1n) is 9.31. The Morgan fingerprint density at radius 3 is 2.50 bits per heavy atom. The highest BCUT2D eigenvalue weighted by Gasteiger charge is 2.50. The third kappa shape index (κ3) is 4.27. The number of rotatable bonds is 1. The van der Waals surface area contributed by atoms with Crippen LogP contribution in [0.25, 0.3) is 0 Å². The molecule has 2 rings (SSSR count). The molecule has 4 nitrogen and oxygen atoms in total. The molecular formula is C20H34O4. The van der Waals surface area contributed by atoms with Gasteiger partial charge in [0.15, 0.2) is 0 Å². The monoisotopic (exact) mass is 338 g/mol. The maximum absolute atomic E-state index is 12.2. The standard InChI is InChI=1S/C20H34O4/c1-14(2)20-10-8-18(4,23)13-16(21)12-15(3)6-7-17(22)19(5,24-20)9-11-20/h8,10,14-15,17,22-23H,6-7,9,11-13H2,1-5H3. The summed E-state index contributed by atoms with van der Waals surface area (Å²) in [7, 11) is 0. The number of carbonyl (C=O) groups is 1. The van der Waals surface area contributed by atoms with Gasteiger partial charge in [-0.3, -0.25) is 4.79 Å². The molecule has 2 N–H and O–H groups in total. The highest BCUT2D eigenvalue weighted by Crippen LogP contribution is 2.46. The first-order valence-corrected chi connectivity index (χ1v) is 9.31. The molecule has 24 heavy (non-hydrogen) atoms. The summed E-state index contributed by atoms with van der Waals surface area (Å²) in [5.41, 5.74) is -2.23. The van der Waals surface area contributed by atoms with E-state index in [1.807, 2.05) is 19.9 Å². The summed E-state index contributed by atoms with van der Waals surface area (Å²) in [6.45, 7) is 9.90. The van der Waals surface area contributed by atoms with Gasteiger partial charge in [0, 0.05) is 12.8 Å². The number of ether oxygens (including phenoxy) is 1. The number of Topliss-reactive ketones (excluding diaryl/α,β-unsaturated/α-hetero) is 1. The first-order chi connectivity index (χ1) is 11.0. The van der Waals surface area contributed by atoms with E-state index >= 15 is 0 Å². The summed E-state index contributed by atoms with van der Waals surface area (Å²) < 4.78 is 6.45. The highest BCUT2D eigenvalue weighted by atomic mass is 16.5. The van der Waals surface area contributed by atoms with Gasteiger partial charge in [0.25, 0.3) is 0 Å². The van der Waals surface area contributed by atoms with E-state index in [0.717, 1.165) is 19.3 Å². The molecule has 1 saturated heterocycles. The summed E-state index contributed by atoms with van der Waals surface area (Å²) >= 11 is 0. The maximum Gasteiger partial charge on any atom is 0.136 e. The van der Waals surface area contributed by atoms with Crippen LogP contribution in [0.1, 0.15) is 73.1 Å². The molecule has 0 aromatic heterocycles. The maximum atomic E-state index is 12.2. The first kappa shape index (κ1) is 19.6. The Hall–Kier alpha value is -0.710. The predicted molar refractivity (Wildman–Crippen MR) is 94.7 cm³/mol. The van der Waals surface area contributed by atoms with Crippen molar-refractivity contribution < 1.29 is 19.7 Å². The van der Waals surface area contributed by atoms with Crippen LogP contribution in [0.15, 0.2) is 12.2 Å². The summed E-state index contributed by atoms with van der Waals surface area (Å²) in [5.74, 6) is 0.493. The fourth-order valence-electron chi connectivity index (χ4n) is 4.02. The number of aliphatic hydroxyl groups excluding tert-OH is 1. The van der Waals surface area contributed by atoms with Gasteiger partial charge in [-0.05, 0) is 51.4 Å². The van der Waals surface area contributed by atoms with Crippen molar-refractivity contribution in [3.63, 3.8) is 0 Å². The molecule has 0 saturated carbocycles. The van der Waals surface area contributed by atoms with Crippen molar-refractivity contribution in [2.24, 2.45) is 11.8 Å². The van der Waals surface area contributed by atoms with Crippen LogP contribution in [-0.4, -0.2) is 38.9 Å². The number of hydrogen-bond acceptors (Lipinski definition) is 4. The van der Waals surface area contributed by atoms with E-state index < -0.39 is 22.9 Å². The van der Waals surface area contributed by atoms with E-state index in [9.17, 15) is 15.0 Å². The predicted octanol–water partition coefficient (Wildman–Crippen LogP) is 3.40. The van der Waals surface area contributed by atoms with Gasteiger partial charge in [0.05, 0.1) is 22.9 Å². The van der Waals surface area contributed by atoms with Crippen molar-refractivity contribution >= 4 is 5.78 Å². The minimum atomic E-state index is -1.16. The van der Waals surface area contributed by atoms with Crippen LogP contribution in [0.4, 0.5) is 0 Å². The third-order valence-electron chi connectivity index (χ3n) is 5.91. The number of fused-ring (bicyclic) bond motifs is 2. The lowest BCUT2D eigenvalue weighted by Gasteiger charge is -2.37. The molecule has 2 heterocycles. The molecule has 2 aliphatic rings. The summed E-state index contributed by atoms with van der Waals surface area (Å²) in [4.78, 5) is 12.2. The van der Waals surface area contributed by atoms with Gasteiger partial charge in [-0.1, -0.05) is 32.9 Å². The van der Waals surface area contributed by atoms with Gasteiger partial charge < -0.3 is 14.9 Å². The van der Waals surface area contributed by atoms with Crippen LogP contribution in [0, 0.1) is 11.8 Å². The Kier molecular flexibility index (Phi) is 5.63. The molecule has 0 spiro atoms. The molecule has 0 aromatic rings. The Balaban J connectivity index is 2.36. The van der Waals surface area contributed by atoms with Gasteiger partial charge in [0.2, 0.25) is 0 Å². The molecule has 1 fully saturated rings. The van der Waals surface area contributed by atoms with Crippen molar-refractivity contribution in [2.45, 2.75) is 96.1 Å². The molecule has 4 heteroatoms. The SMILES string of the molecule is CC1CCC(O)C2(C)CCC(C(C)C)(C=CC(C)(O)CC(=O)C1)O2. The van der Waals surface area contributed by atoms with Crippen molar-refractivity contribution in [1.29, 1.82) is 0 Å². The molecule has 5 atom stereocenters.